The molecule has 0 aliphatic heterocycles. The van der Waals surface area contributed by atoms with Gasteiger partial charge in [0.05, 0.1) is 5.92 Å². The van der Waals surface area contributed by atoms with Crippen molar-refractivity contribution in [3.8, 4) is 5.88 Å². The Kier molecular flexibility index (Phi) is 4.74. The predicted molar refractivity (Wildman–Crippen MR) is 66.7 cm³/mol. The third-order valence-electron chi connectivity index (χ3n) is 3.46. The van der Waals surface area contributed by atoms with Crippen molar-refractivity contribution in [3.63, 3.8) is 0 Å². The monoisotopic (exact) mass is 306 g/mol. The van der Waals surface area contributed by atoms with Crippen LogP contribution in [0.5, 0.6) is 5.88 Å². The van der Waals surface area contributed by atoms with Gasteiger partial charge in [-0.1, -0.05) is 6.42 Å². The molecule has 2 rings (SSSR count). The van der Waals surface area contributed by atoms with Crippen LogP contribution in [0.25, 0.3) is 0 Å². The van der Waals surface area contributed by atoms with Gasteiger partial charge in [-0.05, 0) is 31.3 Å². The van der Waals surface area contributed by atoms with Crippen molar-refractivity contribution in [2.75, 3.05) is 6.61 Å². The molecular formula is C13H17F3N2O3. The molecular weight excluding hydrogens is 289 g/mol. The van der Waals surface area contributed by atoms with E-state index in [2.05, 4.69) is 10.5 Å². The highest BCUT2D eigenvalue weighted by Gasteiger charge is 2.42. The third-order valence-corrected chi connectivity index (χ3v) is 3.46. The lowest BCUT2D eigenvalue weighted by Gasteiger charge is -2.30. The number of nitrogens with one attached hydrogen (secondary N) is 1. The van der Waals surface area contributed by atoms with E-state index in [-0.39, 0.29) is 25.3 Å². The molecule has 1 aliphatic rings. The average Bonchev–Trinajstić information content (AvgIpc) is 2.82. The summed E-state index contributed by atoms with van der Waals surface area (Å²) in [5.41, 5.74) is 0. The fourth-order valence-electron chi connectivity index (χ4n) is 2.44. The highest BCUT2D eigenvalue weighted by atomic mass is 19.4. The number of aromatic nitrogens is 1. The SMILES string of the molecule is Cc1cc(OCC(=O)N[C@@H]2CCC[C@@H](C(F)(F)F)C2)no1. The van der Waals surface area contributed by atoms with Gasteiger partial charge >= 0.3 is 6.18 Å². The molecule has 118 valence electrons. The smallest absolute Gasteiger partial charge is 0.391 e. The molecule has 5 nitrogen and oxygen atoms in total. The van der Waals surface area contributed by atoms with Crippen LogP contribution in [0.2, 0.25) is 0 Å². The fraction of sp³-hybridized carbons (Fsp3) is 0.692. The second-order valence-corrected chi connectivity index (χ2v) is 5.23. The highest BCUT2D eigenvalue weighted by molar-refractivity contribution is 5.77. The summed E-state index contributed by atoms with van der Waals surface area (Å²) < 4.78 is 47.9. The maximum atomic E-state index is 12.7. The second-order valence-electron chi connectivity index (χ2n) is 5.23. The Morgan fingerprint density at radius 2 is 2.29 bits per heavy atom. The van der Waals surface area contributed by atoms with E-state index in [1.54, 1.807) is 6.92 Å². The van der Waals surface area contributed by atoms with E-state index in [9.17, 15) is 18.0 Å². The third kappa shape index (κ3) is 4.64. The molecule has 1 aromatic heterocycles. The number of carbonyl (C=O) groups excluding carboxylic acids is 1. The van der Waals surface area contributed by atoms with E-state index in [1.165, 1.54) is 6.07 Å². The molecule has 1 heterocycles. The second kappa shape index (κ2) is 6.36. The first-order chi connectivity index (χ1) is 9.84. The topological polar surface area (TPSA) is 64.4 Å². The zero-order valence-electron chi connectivity index (χ0n) is 11.6. The molecule has 1 aromatic rings. The summed E-state index contributed by atoms with van der Waals surface area (Å²) >= 11 is 0. The number of amides is 1. The minimum Gasteiger partial charge on any atom is -0.465 e. The van der Waals surface area contributed by atoms with E-state index >= 15 is 0 Å². The van der Waals surface area contributed by atoms with E-state index in [0.29, 0.717) is 18.6 Å². The first-order valence-electron chi connectivity index (χ1n) is 6.77. The first kappa shape index (κ1) is 15.7. The van der Waals surface area contributed by atoms with Gasteiger partial charge < -0.3 is 14.6 Å². The molecule has 2 atom stereocenters. The van der Waals surface area contributed by atoms with Gasteiger partial charge in [0.1, 0.15) is 5.76 Å². The Bertz CT molecular complexity index is 487. The molecule has 0 aromatic carbocycles. The van der Waals surface area contributed by atoms with Crippen molar-refractivity contribution in [3.05, 3.63) is 11.8 Å². The van der Waals surface area contributed by atoms with Crippen LogP contribution in [0, 0.1) is 12.8 Å². The summed E-state index contributed by atoms with van der Waals surface area (Å²) in [6, 6.07) is 1.06. The van der Waals surface area contributed by atoms with E-state index in [1.807, 2.05) is 0 Å². The number of aryl methyl sites for hydroxylation is 1. The van der Waals surface area contributed by atoms with Crippen molar-refractivity contribution in [1.29, 1.82) is 0 Å². The van der Waals surface area contributed by atoms with Crippen molar-refractivity contribution >= 4 is 5.91 Å². The van der Waals surface area contributed by atoms with Gasteiger partial charge in [0.2, 0.25) is 0 Å². The Morgan fingerprint density at radius 3 is 2.90 bits per heavy atom. The lowest BCUT2D eigenvalue weighted by Crippen LogP contribution is -2.43. The van der Waals surface area contributed by atoms with Crippen LogP contribution in [-0.2, 0) is 4.79 Å². The molecule has 8 heteroatoms. The average molecular weight is 306 g/mol. The predicted octanol–water partition coefficient (Wildman–Crippen LogP) is 2.60. The van der Waals surface area contributed by atoms with Gasteiger partial charge in [-0.3, -0.25) is 4.79 Å². The number of carbonyl (C=O) groups is 1. The first-order valence-corrected chi connectivity index (χ1v) is 6.77. The summed E-state index contributed by atoms with van der Waals surface area (Å²) in [5.74, 6) is -1.07. The van der Waals surface area contributed by atoms with Gasteiger partial charge in [0, 0.05) is 12.1 Å². The van der Waals surface area contributed by atoms with Crippen molar-refractivity contribution in [2.24, 2.45) is 5.92 Å². The number of halogens is 3. The van der Waals surface area contributed by atoms with Crippen LogP contribution < -0.4 is 10.1 Å². The minimum absolute atomic E-state index is 0.0711. The van der Waals surface area contributed by atoms with Gasteiger partial charge in [-0.15, -0.1) is 0 Å². The highest BCUT2D eigenvalue weighted by Crippen LogP contribution is 2.37. The molecule has 0 bridgehead atoms. The molecule has 0 spiro atoms. The summed E-state index contributed by atoms with van der Waals surface area (Å²) in [7, 11) is 0. The largest absolute Gasteiger partial charge is 0.465 e. The number of hydrogen-bond acceptors (Lipinski definition) is 4. The zero-order valence-corrected chi connectivity index (χ0v) is 11.6. The Morgan fingerprint density at radius 1 is 1.52 bits per heavy atom. The van der Waals surface area contributed by atoms with Crippen LogP contribution in [-0.4, -0.2) is 29.9 Å². The van der Waals surface area contributed by atoms with Gasteiger partial charge in [0.25, 0.3) is 11.8 Å². The fourth-order valence-corrected chi connectivity index (χ4v) is 2.44. The van der Waals surface area contributed by atoms with Gasteiger partial charge in [0.15, 0.2) is 6.61 Å². The van der Waals surface area contributed by atoms with Gasteiger partial charge in [-0.2, -0.15) is 13.2 Å². The van der Waals surface area contributed by atoms with Crippen LogP contribution in [0.1, 0.15) is 31.4 Å². The standard InChI is InChI=1S/C13H17F3N2O3/c1-8-5-12(18-21-8)20-7-11(19)17-10-4-2-3-9(6-10)13(14,15)16/h5,9-10H,2-4,6-7H2,1H3,(H,17,19)/t9-,10-/m1/s1. The van der Waals surface area contributed by atoms with Crippen LogP contribution >= 0.6 is 0 Å². The normalized spacial score (nSPS) is 22.9. The maximum absolute atomic E-state index is 12.7. The molecule has 1 N–H and O–H groups in total. The van der Waals surface area contributed by atoms with E-state index in [0.717, 1.165) is 0 Å². The number of nitrogens with zero attached hydrogens (tertiary/aromatic N) is 1. The summed E-state index contributed by atoms with van der Waals surface area (Å²) in [6.07, 6.45) is -3.12. The quantitative estimate of drug-likeness (QED) is 0.928. The van der Waals surface area contributed by atoms with E-state index in [4.69, 9.17) is 9.26 Å². The van der Waals surface area contributed by atoms with Crippen LogP contribution in [0.4, 0.5) is 13.2 Å². The Labute approximate surface area is 119 Å². The molecule has 0 saturated heterocycles. The lowest BCUT2D eigenvalue weighted by molar-refractivity contribution is -0.184. The molecule has 0 unspecified atom stereocenters. The number of alkyl halides is 3. The lowest BCUT2D eigenvalue weighted by atomic mass is 9.85. The van der Waals surface area contributed by atoms with E-state index < -0.39 is 24.0 Å². The minimum atomic E-state index is -4.20. The molecule has 1 saturated carbocycles. The number of rotatable bonds is 4. The summed E-state index contributed by atoms with van der Waals surface area (Å²) in [4.78, 5) is 11.7. The van der Waals surface area contributed by atoms with Crippen molar-refractivity contribution in [2.45, 2.75) is 44.8 Å². The van der Waals surface area contributed by atoms with Crippen molar-refractivity contribution < 1.29 is 27.2 Å². The molecule has 1 fully saturated rings. The summed E-state index contributed by atoms with van der Waals surface area (Å²) in [5, 5.41) is 6.13. The Hall–Kier alpha value is -1.73. The zero-order chi connectivity index (χ0) is 15.5. The van der Waals surface area contributed by atoms with Gasteiger partial charge in [-0.25, -0.2) is 0 Å². The molecule has 0 radical (unpaired) electrons. The molecule has 21 heavy (non-hydrogen) atoms. The van der Waals surface area contributed by atoms with Crippen LogP contribution in [0.3, 0.4) is 0 Å². The molecule has 1 aliphatic carbocycles. The van der Waals surface area contributed by atoms with Crippen molar-refractivity contribution in [1.82, 2.24) is 10.5 Å². The maximum Gasteiger partial charge on any atom is 0.391 e. The Balaban J connectivity index is 1.77. The number of hydrogen-bond donors (Lipinski definition) is 1. The van der Waals surface area contributed by atoms with Crippen LogP contribution in [0.15, 0.2) is 10.6 Å². The summed E-state index contributed by atoms with van der Waals surface area (Å²) in [6.45, 7) is 1.39. The number of ether oxygens (including phenoxy) is 1. The molecule has 1 amide bonds.